The van der Waals surface area contributed by atoms with Crippen molar-refractivity contribution >= 4 is 46.4 Å². The van der Waals surface area contributed by atoms with Crippen LogP contribution < -0.4 is 24.4 Å². The van der Waals surface area contributed by atoms with Gasteiger partial charge in [0.05, 0.1) is 17.3 Å². The minimum atomic E-state index is -0.378. The summed E-state index contributed by atoms with van der Waals surface area (Å²) in [6.45, 7) is 2.65. The highest BCUT2D eigenvalue weighted by atomic mass is 35.5. The van der Waals surface area contributed by atoms with Crippen molar-refractivity contribution in [2.45, 2.75) is 13.3 Å². The Hall–Kier alpha value is -3.42. The molecular weight excluding hydrogens is 491 g/mol. The Morgan fingerprint density at radius 1 is 1.09 bits per heavy atom. The molecule has 9 heteroatoms. The van der Waals surface area contributed by atoms with E-state index < -0.39 is 0 Å². The third-order valence-corrected chi connectivity index (χ3v) is 5.75. The number of halogens is 2. The van der Waals surface area contributed by atoms with E-state index in [1.54, 1.807) is 35.2 Å². The largest absolute Gasteiger partial charge is 0.494 e. The SMILES string of the molecule is Cc1cccc(OCCCN2C(=O)COc3ccc(NC(=O)COc4ccc(Cl)cc4Cl)cc32)c1. The second kappa shape index (κ2) is 11.3. The van der Waals surface area contributed by atoms with Crippen LogP contribution in [0.2, 0.25) is 10.0 Å². The topological polar surface area (TPSA) is 77.1 Å². The Labute approximate surface area is 213 Å². The van der Waals surface area contributed by atoms with Crippen LogP contribution in [-0.2, 0) is 9.59 Å². The maximum atomic E-state index is 12.5. The molecule has 0 aromatic heterocycles. The van der Waals surface area contributed by atoms with Crippen molar-refractivity contribution in [1.82, 2.24) is 0 Å². The van der Waals surface area contributed by atoms with Gasteiger partial charge in [-0.25, -0.2) is 0 Å². The van der Waals surface area contributed by atoms with Gasteiger partial charge in [-0.3, -0.25) is 9.59 Å². The van der Waals surface area contributed by atoms with Gasteiger partial charge in [-0.2, -0.15) is 0 Å². The first kappa shape index (κ1) is 24.7. The zero-order valence-corrected chi connectivity index (χ0v) is 20.6. The molecular formula is C26H24Cl2N2O5. The zero-order chi connectivity index (χ0) is 24.8. The van der Waals surface area contributed by atoms with Gasteiger partial charge >= 0.3 is 0 Å². The number of benzene rings is 3. The number of hydrogen-bond donors (Lipinski definition) is 1. The van der Waals surface area contributed by atoms with Crippen LogP contribution in [0.5, 0.6) is 17.2 Å². The second-order valence-corrected chi connectivity index (χ2v) is 8.79. The number of fused-ring (bicyclic) bond motifs is 1. The molecule has 0 bridgehead atoms. The maximum Gasteiger partial charge on any atom is 0.265 e. The molecule has 35 heavy (non-hydrogen) atoms. The number of rotatable bonds is 9. The minimum absolute atomic E-state index is 0.0346. The number of ether oxygens (including phenoxy) is 3. The number of hydrogen-bond acceptors (Lipinski definition) is 5. The predicted octanol–water partition coefficient (Wildman–Crippen LogP) is 5.51. The standard InChI is InChI=1S/C26H24Cl2N2O5/c1-17-4-2-5-20(12-17)33-11-3-10-30-22-14-19(7-9-24(22)35-16-26(30)32)29-25(31)15-34-23-8-6-18(27)13-21(23)28/h2,4-9,12-14H,3,10-11,15-16H2,1H3,(H,29,31). The van der Waals surface area contributed by atoms with Crippen LogP contribution in [-0.4, -0.2) is 38.2 Å². The summed E-state index contributed by atoms with van der Waals surface area (Å²) in [5.41, 5.74) is 2.23. The smallest absolute Gasteiger partial charge is 0.265 e. The van der Waals surface area contributed by atoms with Gasteiger partial charge in [-0.1, -0.05) is 35.3 Å². The van der Waals surface area contributed by atoms with E-state index in [0.29, 0.717) is 52.5 Å². The fourth-order valence-corrected chi connectivity index (χ4v) is 4.04. The van der Waals surface area contributed by atoms with Gasteiger partial charge in [-0.15, -0.1) is 0 Å². The molecule has 0 aliphatic carbocycles. The fourth-order valence-electron chi connectivity index (χ4n) is 3.58. The predicted molar refractivity (Wildman–Crippen MR) is 136 cm³/mol. The van der Waals surface area contributed by atoms with Crippen LogP contribution in [0.3, 0.4) is 0 Å². The van der Waals surface area contributed by atoms with Gasteiger partial charge in [-0.05, 0) is 67.4 Å². The molecule has 0 saturated heterocycles. The molecule has 3 aromatic rings. The molecule has 1 aliphatic heterocycles. The second-order valence-electron chi connectivity index (χ2n) is 7.95. The number of amides is 2. The molecule has 0 atom stereocenters. The summed E-state index contributed by atoms with van der Waals surface area (Å²) >= 11 is 12.0. The first-order valence-electron chi connectivity index (χ1n) is 11.0. The Balaban J connectivity index is 1.35. The van der Waals surface area contributed by atoms with Gasteiger partial charge in [0.2, 0.25) is 0 Å². The van der Waals surface area contributed by atoms with Gasteiger partial charge in [0, 0.05) is 17.3 Å². The van der Waals surface area contributed by atoms with Gasteiger partial charge < -0.3 is 24.4 Å². The van der Waals surface area contributed by atoms with E-state index in [9.17, 15) is 9.59 Å². The van der Waals surface area contributed by atoms with Crippen molar-refractivity contribution < 1.29 is 23.8 Å². The number of carbonyl (C=O) groups is 2. The zero-order valence-electron chi connectivity index (χ0n) is 19.1. The van der Waals surface area contributed by atoms with Crippen molar-refractivity contribution in [3.63, 3.8) is 0 Å². The van der Waals surface area contributed by atoms with Crippen LogP contribution in [0.25, 0.3) is 0 Å². The third-order valence-electron chi connectivity index (χ3n) is 5.22. The first-order valence-corrected chi connectivity index (χ1v) is 11.8. The average molecular weight is 515 g/mol. The molecule has 0 unspecified atom stereocenters. The highest BCUT2D eigenvalue weighted by Crippen LogP contribution is 2.35. The Kier molecular flexibility index (Phi) is 8.00. The van der Waals surface area contributed by atoms with Gasteiger partial charge in [0.25, 0.3) is 11.8 Å². The molecule has 1 heterocycles. The highest BCUT2D eigenvalue weighted by molar-refractivity contribution is 6.35. The first-order chi connectivity index (χ1) is 16.9. The summed E-state index contributed by atoms with van der Waals surface area (Å²) in [5.74, 6) is 1.20. The maximum absolute atomic E-state index is 12.5. The fraction of sp³-hybridized carbons (Fsp3) is 0.231. The van der Waals surface area contributed by atoms with Crippen molar-refractivity contribution in [2.75, 3.05) is 36.6 Å². The van der Waals surface area contributed by atoms with E-state index >= 15 is 0 Å². The summed E-state index contributed by atoms with van der Waals surface area (Å²) < 4.78 is 16.8. The molecule has 3 aromatic carbocycles. The van der Waals surface area contributed by atoms with Crippen LogP contribution in [0.15, 0.2) is 60.7 Å². The van der Waals surface area contributed by atoms with Crippen molar-refractivity contribution in [1.29, 1.82) is 0 Å². The van der Waals surface area contributed by atoms with Crippen LogP contribution in [0, 0.1) is 6.92 Å². The molecule has 182 valence electrons. The molecule has 0 radical (unpaired) electrons. The van der Waals surface area contributed by atoms with Crippen molar-refractivity contribution in [3.05, 3.63) is 76.3 Å². The van der Waals surface area contributed by atoms with E-state index in [-0.39, 0.29) is 25.0 Å². The number of nitrogens with zero attached hydrogens (tertiary/aromatic N) is 1. The monoisotopic (exact) mass is 514 g/mol. The van der Waals surface area contributed by atoms with Gasteiger partial charge in [0.15, 0.2) is 13.2 Å². The third kappa shape index (κ3) is 6.59. The highest BCUT2D eigenvalue weighted by Gasteiger charge is 2.25. The Bertz CT molecular complexity index is 1230. The van der Waals surface area contributed by atoms with Crippen LogP contribution in [0.4, 0.5) is 11.4 Å². The molecule has 2 amide bonds. The van der Waals surface area contributed by atoms with Crippen molar-refractivity contribution in [3.8, 4) is 17.2 Å². The number of anilines is 2. The quantitative estimate of drug-likeness (QED) is 0.380. The van der Waals surface area contributed by atoms with Crippen molar-refractivity contribution in [2.24, 2.45) is 0 Å². The molecule has 7 nitrogen and oxygen atoms in total. The van der Waals surface area contributed by atoms with E-state index in [1.807, 2.05) is 31.2 Å². The molecule has 0 saturated carbocycles. The summed E-state index contributed by atoms with van der Waals surface area (Å²) in [5, 5.41) is 3.56. The summed E-state index contributed by atoms with van der Waals surface area (Å²) in [7, 11) is 0. The molecule has 0 spiro atoms. The summed E-state index contributed by atoms with van der Waals surface area (Å²) in [4.78, 5) is 26.6. The van der Waals surface area contributed by atoms with E-state index in [2.05, 4.69) is 5.32 Å². The van der Waals surface area contributed by atoms with E-state index in [0.717, 1.165) is 11.3 Å². The van der Waals surface area contributed by atoms with E-state index in [1.165, 1.54) is 6.07 Å². The van der Waals surface area contributed by atoms with Crippen LogP contribution >= 0.6 is 23.2 Å². The summed E-state index contributed by atoms with van der Waals surface area (Å²) in [6.07, 6.45) is 0.630. The molecule has 0 fully saturated rings. The van der Waals surface area contributed by atoms with Crippen LogP contribution in [0.1, 0.15) is 12.0 Å². The number of carbonyl (C=O) groups excluding carboxylic acids is 2. The lowest BCUT2D eigenvalue weighted by Crippen LogP contribution is -2.39. The Morgan fingerprint density at radius 2 is 1.94 bits per heavy atom. The lowest BCUT2D eigenvalue weighted by Gasteiger charge is -2.30. The normalized spacial score (nSPS) is 12.5. The Morgan fingerprint density at radius 3 is 2.74 bits per heavy atom. The van der Waals surface area contributed by atoms with E-state index in [4.69, 9.17) is 37.4 Å². The summed E-state index contributed by atoms with van der Waals surface area (Å²) in [6, 6.07) is 17.7. The minimum Gasteiger partial charge on any atom is -0.494 e. The molecule has 1 aliphatic rings. The average Bonchev–Trinajstić information content (AvgIpc) is 2.82. The lowest BCUT2D eigenvalue weighted by atomic mass is 10.2. The molecule has 4 rings (SSSR count). The number of nitrogens with one attached hydrogen (secondary N) is 1. The van der Waals surface area contributed by atoms with Gasteiger partial charge in [0.1, 0.15) is 17.2 Å². The molecule has 1 N–H and O–H groups in total. The lowest BCUT2D eigenvalue weighted by molar-refractivity contribution is -0.121. The number of aryl methyl sites for hydroxylation is 1.